The molecule has 0 saturated carbocycles. The number of aliphatic hydroxyl groups excluding tert-OH is 7. The van der Waals surface area contributed by atoms with Crippen LogP contribution in [0.25, 0.3) is 0 Å². The minimum absolute atomic E-state index is 0. The molecule has 7 atom stereocenters. The van der Waals surface area contributed by atoms with Crippen molar-refractivity contribution in [3.8, 4) is 0 Å². The Labute approximate surface area is 298 Å². The van der Waals surface area contributed by atoms with Crippen LogP contribution in [0.3, 0.4) is 0 Å². The van der Waals surface area contributed by atoms with E-state index in [1.54, 1.807) is 0 Å². The summed E-state index contributed by atoms with van der Waals surface area (Å²) >= 11 is 0. The second kappa shape index (κ2) is 47.5. The van der Waals surface area contributed by atoms with E-state index < -0.39 is 84.5 Å². The Morgan fingerprint density at radius 3 is 0.383 bits per heavy atom. The molecule has 24 heteroatoms. The molecule has 0 bridgehead atoms. The Bertz CT molecular complexity index is 634. The van der Waals surface area contributed by atoms with Crippen LogP contribution in [0.15, 0.2) is 0 Å². The van der Waals surface area contributed by atoms with E-state index in [2.05, 4.69) is 0 Å². The third-order valence-corrected chi connectivity index (χ3v) is 2.39. The van der Waals surface area contributed by atoms with Gasteiger partial charge >= 0.3 is 43.4 Å². The van der Waals surface area contributed by atoms with Gasteiger partial charge in [0.25, 0.3) is 0 Å². The molecule has 270 valence electrons. The van der Waals surface area contributed by atoms with Crippen molar-refractivity contribution in [2.45, 2.75) is 98.1 Å². The first-order valence-corrected chi connectivity index (χ1v) is 11.4. The molecule has 0 aromatic rings. The number of aliphatic carboxylic acids is 7. The molecule has 0 aliphatic rings. The molecule has 0 fully saturated rings. The fourth-order valence-corrected chi connectivity index (χ4v) is 0. The summed E-state index contributed by atoms with van der Waals surface area (Å²) in [6, 6.07) is 0. The summed E-state index contributed by atoms with van der Waals surface area (Å²) in [7, 11) is 0. The molecule has 0 heterocycles. The molecule has 0 aromatic carbocycles. The fourth-order valence-electron chi connectivity index (χ4n) is 0. The van der Waals surface area contributed by atoms with Gasteiger partial charge in [-0.1, -0.05) is 0 Å². The van der Waals surface area contributed by atoms with Crippen LogP contribution >= 0.6 is 0 Å². The van der Waals surface area contributed by atoms with Crippen molar-refractivity contribution >= 4 is 48.1 Å². The summed E-state index contributed by atoms with van der Waals surface area (Å²) in [6.45, 7) is 9.26. The third kappa shape index (κ3) is 116. The van der Waals surface area contributed by atoms with Crippen LogP contribution in [0.4, 0.5) is 0 Å². The molecule has 0 spiro atoms. The molecular formula is C23H38O22Ti2. The Morgan fingerprint density at radius 1 is 0.362 bits per heavy atom. The summed E-state index contributed by atoms with van der Waals surface area (Å²) in [6.07, 6.45) is -7.90. The smallest absolute Gasteiger partial charge is 0.547 e. The van der Waals surface area contributed by atoms with Crippen molar-refractivity contribution in [1.82, 2.24) is 0 Å². The van der Waals surface area contributed by atoms with Gasteiger partial charge in [0, 0.05) is 0 Å². The summed E-state index contributed by atoms with van der Waals surface area (Å²) < 4.78 is 0. The maximum Gasteiger partial charge on any atom is 4.00 e. The first-order valence-electron chi connectivity index (χ1n) is 11.4. The van der Waals surface area contributed by atoms with Crippen LogP contribution in [0, 0.1) is 0 Å². The molecule has 0 rings (SSSR count). The molecular weight excluding hydrogens is 724 g/mol. The molecule has 0 aliphatic carbocycles. The predicted octanol–water partition coefficient (Wildman–Crippen LogP) is -13.1. The minimum atomic E-state index is -1.44. The number of carboxylic acid groups (broad SMARTS) is 7. The molecule has 0 aliphatic heterocycles. The van der Waals surface area contributed by atoms with Crippen LogP contribution in [-0.2, 0) is 81.8 Å². The van der Waals surface area contributed by atoms with Crippen molar-refractivity contribution in [2.24, 2.45) is 0 Å². The Balaban J connectivity index is -0.0000000416. The Hall–Kier alpha value is -2.89. The van der Waals surface area contributed by atoms with E-state index in [0.717, 1.165) is 48.5 Å². The standard InChI is InChI=1S/7C3H6O3.C2H3O.2Ti/c7*1-2(4)3(5)6;1-2-3;;/h7*2,4H,1H3,(H,5,6);1H3;;/q;;;;;;;-1;2*+4/p-7. The number of rotatable bonds is 7. The minimum Gasteiger partial charge on any atom is -0.547 e. The molecule has 22 nitrogen and oxygen atoms in total. The zero-order valence-corrected chi connectivity index (χ0v) is 29.4. The largest absolute Gasteiger partial charge is 4.00 e. The zero-order valence-electron chi connectivity index (χ0n) is 26.3. The van der Waals surface area contributed by atoms with Gasteiger partial charge in [-0.05, 0) is 48.5 Å². The number of hydrogen-bond acceptors (Lipinski definition) is 22. The quantitative estimate of drug-likeness (QED) is 0.0935. The number of carbonyl (C=O) groups excluding carboxylic acids is 8. The monoisotopic (exact) mass is 762 g/mol. The Morgan fingerprint density at radius 2 is 0.383 bits per heavy atom. The van der Waals surface area contributed by atoms with Gasteiger partial charge in [0.2, 0.25) is 0 Å². The van der Waals surface area contributed by atoms with Gasteiger partial charge in [-0.3, -0.25) is 6.29 Å². The van der Waals surface area contributed by atoms with Crippen molar-refractivity contribution in [3.63, 3.8) is 0 Å². The van der Waals surface area contributed by atoms with E-state index >= 15 is 0 Å². The van der Waals surface area contributed by atoms with E-state index in [4.69, 9.17) is 40.5 Å². The summed E-state index contributed by atoms with van der Waals surface area (Å²) in [5.41, 5.74) is 0. The predicted molar refractivity (Wildman–Crippen MR) is 128 cm³/mol. The van der Waals surface area contributed by atoms with Crippen LogP contribution in [0.2, 0.25) is 0 Å². The second-order valence-electron chi connectivity index (χ2n) is 7.17. The summed E-state index contributed by atoms with van der Waals surface area (Å²) in [4.78, 5) is 74.0. The second-order valence-corrected chi connectivity index (χ2v) is 7.17. The fraction of sp³-hybridized carbons (Fsp3) is 0.652. The third-order valence-electron chi connectivity index (χ3n) is 2.39. The van der Waals surface area contributed by atoms with Crippen LogP contribution in [0.1, 0.15) is 55.4 Å². The van der Waals surface area contributed by atoms with Gasteiger partial charge < -0.3 is 110 Å². The molecule has 0 saturated heterocycles. The summed E-state index contributed by atoms with van der Waals surface area (Å²) in [5.74, 6) is -10.0. The van der Waals surface area contributed by atoms with Crippen molar-refractivity contribution < 1.29 is 153 Å². The SMILES string of the molecule is CC(O)C(=O)[O-].CC(O)C(=O)[O-].CC(O)C(=O)[O-].CC(O)C(=O)[O-].CC(O)C(=O)[O-].CC(O)C(=O)[O-].CC(O)C(=O)[O-].C[C-]=O.[Ti+4].[Ti+4]. The summed E-state index contributed by atoms with van der Waals surface area (Å²) in [5, 5.41) is 121. The molecule has 0 amide bonds. The van der Waals surface area contributed by atoms with E-state index in [1.807, 2.05) is 0 Å². The maximum atomic E-state index is 9.34. The van der Waals surface area contributed by atoms with Gasteiger partial charge in [0.05, 0.1) is 84.5 Å². The first-order chi connectivity index (χ1) is 19.9. The molecule has 47 heavy (non-hydrogen) atoms. The van der Waals surface area contributed by atoms with Gasteiger partial charge in [0.1, 0.15) is 0 Å². The topological polar surface area (TPSA) is 440 Å². The van der Waals surface area contributed by atoms with Crippen LogP contribution in [0.5, 0.6) is 0 Å². The average molecular weight is 762 g/mol. The average Bonchev–Trinajstić information content (AvgIpc) is 2.86. The van der Waals surface area contributed by atoms with Crippen molar-refractivity contribution in [2.75, 3.05) is 0 Å². The number of aliphatic hydroxyl groups is 7. The van der Waals surface area contributed by atoms with Gasteiger partial charge in [-0.25, -0.2) is 0 Å². The van der Waals surface area contributed by atoms with Gasteiger partial charge in [0.15, 0.2) is 0 Å². The molecule has 7 unspecified atom stereocenters. The van der Waals surface area contributed by atoms with E-state index in [9.17, 15) is 69.3 Å². The first kappa shape index (κ1) is 70.5. The van der Waals surface area contributed by atoms with Crippen molar-refractivity contribution in [1.29, 1.82) is 0 Å². The van der Waals surface area contributed by atoms with E-state index in [1.165, 1.54) is 13.2 Å². The van der Waals surface area contributed by atoms with Gasteiger partial charge in [-0.2, -0.15) is 6.92 Å². The normalized spacial score (nSPS) is 12.5. The number of hydrogen-bond donors (Lipinski definition) is 7. The van der Waals surface area contributed by atoms with Gasteiger partial charge in [-0.15, -0.1) is 0 Å². The number of carboxylic acids is 7. The number of carbonyl (C=O) groups is 7. The van der Waals surface area contributed by atoms with E-state index in [0.29, 0.717) is 0 Å². The molecule has 7 N–H and O–H groups in total. The maximum absolute atomic E-state index is 9.34. The van der Waals surface area contributed by atoms with Crippen molar-refractivity contribution in [3.05, 3.63) is 0 Å². The zero-order chi connectivity index (χ0) is 38.8. The van der Waals surface area contributed by atoms with E-state index in [-0.39, 0.29) is 43.4 Å². The molecule has 0 radical (unpaired) electrons. The van der Waals surface area contributed by atoms with Crippen LogP contribution in [-0.4, -0.2) is 127 Å². The Kier molecular flexibility index (Phi) is 71.2. The molecule has 0 aromatic heterocycles. The van der Waals surface area contributed by atoms with Crippen LogP contribution < -0.4 is 35.7 Å².